The maximum Gasteiger partial charge on any atom is 0.305 e. The van der Waals surface area contributed by atoms with Crippen molar-refractivity contribution in [1.82, 2.24) is 19.3 Å². The molecule has 20 heavy (non-hydrogen) atoms. The Morgan fingerprint density at radius 2 is 2.45 bits per heavy atom. The monoisotopic (exact) mass is 276 g/mol. The fraction of sp³-hybridized carbons (Fsp3) is 0.462. The first-order valence-electron chi connectivity index (χ1n) is 6.54. The van der Waals surface area contributed by atoms with Gasteiger partial charge in [0.05, 0.1) is 25.3 Å². The molecule has 2 aromatic heterocycles. The zero-order chi connectivity index (χ0) is 13.9. The van der Waals surface area contributed by atoms with E-state index in [-0.39, 0.29) is 12.5 Å². The van der Waals surface area contributed by atoms with E-state index in [1.807, 2.05) is 22.9 Å². The molecule has 0 aromatic carbocycles. The smallest absolute Gasteiger partial charge is 0.305 e. The molecular formula is C13H16N4O3. The largest absolute Gasteiger partial charge is 0.481 e. The van der Waals surface area contributed by atoms with Crippen molar-refractivity contribution in [3.05, 3.63) is 30.4 Å². The summed E-state index contributed by atoms with van der Waals surface area (Å²) < 4.78 is 7.23. The summed E-state index contributed by atoms with van der Waals surface area (Å²) in [5.41, 5.74) is 0.890. The molecule has 3 heterocycles. The number of ether oxygens (including phenoxy) is 1. The highest BCUT2D eigenvalue weighted by molar-refractivity contribution is 5.67. The summed E-state index contributed by atoms with van der Waals surface area (Å²) in [6, 6.07) is 1.75. The van der Waals surface area contributed by atoms with E-state index >= 15 is 0 Å². The van der Waals surface area contributed by atoms with Gasteiger partial charge in [-0.3, -0.25) is 14.1 Å². The molecule has 0 bridgehead atoms. The maximum atomic E-state index is 10.9. The predicted molar refractivity (Wildman–Crippen MR) is 70.3 cm³/mol. The molecule has 1 unspecified atom stereocenters. The van der Waals surface area contributed by atoms with Crippen molar-refractivity contribution in [1.29, 1.82) is 0 Å². The number of hydrogen-bond acceptors (Lipinski definition) is 5. The van der Waals surface area contributed by atoms with Crippen molar-refractivity contribution in [3.8, 4) is 0 Å². The fourth-order valence-corrected chi connectivity index (χ4v) is 2.45. The summed E-state index contributed by atoms with van der Waals surface area (Å²) in [6.45, 7) is 2.42. The van der Waals surface area contributed by atoms with Gasteiger partial charge < -0.3 is 9.84 Å². The van der Waals surface area contributed by atoms with Crippen LogP contribution in [-0.2, 0) is 16.1 Å². The molecule has 7 heteroatoms. The molecule has 3 rings (SSSR count). The minimum atomic E-state index is -0.804. The Labute approximate surface area is 115 Å². The number of carboxylic acids is 1. The van der Waals surface area contributed by atoms with Gasteiger partial charge in [-0.05, 0) is 6.07 Å². The van der Waals surface area contributed by atoms with Gasteiger partial charge in [0.2, 0.25) is 5.78 Å². The number of hydrogen-bond donors (Lipinski definition) is 1. The Bertz CT molecular complexity index is 579. The quantitative estimate of drug-likeness (QED) is 0.871. The molecule has 106 valence electrons. The van der Waals surface area contributed by atoms with Gasteiger partial charge in [-0.2, -0.15) is 0 Å². The molecule has 2 aromatic rings. The molecule has 0 aliphatic carbocycles. The van der Waals surface area contributed by atoms with Crippen LogP contribution in [0.15, 0.2) is 24.7 Å². The highest BCUT2D eigenvalue weighted by atomic mass is 16.5. The Morgan fingerprint density at radius 1 is 1.55 bits per heavy atom. The minimum Gasteiger partial charge on any atom is -0.481 e. The molecule has 1 saturated heterocycles. The van der Waals surface area contributed by atoms with Crippen LogP contribution in [0, 0.1) is 0 Å². The van der Waals surface area contributed by atoms with Gasteiger partial charge in [-0.15, -0.1) is 0 Å². The number of imidazole rings is 1. The van der Waals surface area contributed by atoms with Crippen molar-refractivity contribution in [2.45, 2.75) is 19.0 Å². The van der Waals surface area contributed by atoms with E-state index in [0.717, 1.165) is 12.2 Å². The Hall–Kier alpha value is -1.99. The second kappa shape index (κ2) is 5.56. The van der Waals surface area contributed by atoms with Crippen LogP contribution < -0.4 is 0 Å². The predicted octanol–water partition coefficient (Wildman–Crippen LogP) is 0.405. The number of carbonyl (C=O) groups is 1. The molecule has 1 fully saturated rings. The van der Waals surface area contributed by atoms with Crippen LogP contribution in [0.3, 0.4) is 0 Å². The Morgan fingerprint density at radius 3 is 3.25 bits per heavy atom. The number of aromatic nitrogens is 3. The van der Waals surface area contributed by atoms with Crippen LogP contribution >= 0.6 is 0 Å². The van der Waals surface area contributed by atoms with Gasteiger partial charge in [0.1, 0.15) is 0 Å². The fourth-order valence-electron chi connectivity index (χ4n) is 2.45. The molecule has 1 atom stereocenters. The normalized spacial score (nSPS) is 20.3. The molecule has 0 saturated carbocycles. The lowest BCUT2D eigenvalue weighted by Crippen LogP contribution is -2.45. The summed E-state index contributed by atoms with van der Waals surface area (Å²) in [4.78, 5) is 21.6. The third-order valence-corrected chi connectivity index (χ3v) is 3.41. The lowest BCUT2D eigenvalue weighted by molar-refractivity contribution is -0.140. The third kappa shape index (κ3) is 2.78. The van der Waals surface area contributed by atoms with Gasteiger partial charge >= 0.3 is 5.97 Å². The first-order valence-corrected chi connectivity index (χ1v) is 6.54. The van der Waals surface area contributed by atoms with Gasteiger partial charge in [0, 0.05) is 37.7 Å². The Kier molecular flexibility index (Phi) is 3.62. The van der Waals surface area contributed by atoms with E-state index in [0.29, 0.717) is 25.5 Å². The number of morpholine rings is 1. The van der Waals surface area contributed by atoms with Crippen molar-refractivity contribution in [2.75, 3.05) is 19.8 Å². The zero-order valence-electron chi connectivity index (χ0n) is 11.0. The van der Waals surface area contributed by atoms with Crippen LogP contribution in [0.5, 0.6) is 0 Å². The van der Waals surface area contributed by atoms with Crippen LogP contribution in [0.2, 0.25) is 0 Å². The third-order valence-electron chi connectivity index (χ3n) is 3.41. The number of fused-ring (bicyclic) bond motifs is 1. The molecule has 1 N–H and O–H groups in total. The SMILES string of the molecule is O=C(O)CC1COCCN1Cc1cn2cccnc2n1. The van der Waals surface area contributed by atoms with Gasteiger partial charge in [0.25, 0.3) is 0 Å². The summed E-state index contributed by atoms with van der Waals surface area (Å²) in [5, 5.41) is 8.95. The van der Waals surface area contributed by atoms with E-state index in [4.69, 9.17) is 9.84 Å². The number of rotatable bonds is 4. The van der Waals surface area contributed by atoms with E-state index in [9.17, 15) is 4.79 Å². The zero-order valence-corrected chi connectivity index (χ0v) is 11.0. The summed E-state index contributed by atoms with van der Waals surface area (Å²) in [5.74, 6) is -0.146. The van der Waals surface area contributed by atoms with E-state index < -0.39 is 5.97 Å². The van der Waals surface area contributed by atoms with Crippen molar-refractivity contribution in [3.63, 3.8) is 0 Å². The first-order chi connectivity index (χ1) is 9.72. The van der Waals surface area contributed by atoms with E-state index in [1.54, 1.807) is 6.20 Å². The van der Waals surface area contributed by atoms with Gasteiger partial charge in [-0.1, -0.05) is 0 Å². The molecule has 1 aliphatic heterocycles. The number of aliphatic carboxylic acids is 1. The molecule has 0 radical (unpaired) electrons. The van der Waals surface area contributed by atoms with Gasteiger partial charge in [0.15, 0.2) is 0 Å². The number of nitrogens with zero attached hydrogens (tertiary/aromatic N) is 4. The Balaban J connectivity index is 1.75. The topological polar surface area (TPSA) is 80.0 Å². The van der Waals surface area contributed by atoms with Crippen LogP contribution in [0.1, 0.15) is 12.1 Å². The highest BCUT2D eigenvalue weighted by Gasteiger charge is 2.25. The first kappa shape index (κ1) is 13.0. The van der Waals surface area contributed by atoms with Crippen LogP contribution in [-0.4, -0.2) is 56.1 Å². The average molecular weight is 276 g/mol. The van der Waals surface area contributed by atoms with Gasteiger partial charge in [-0.25, -0.2) is 9.97 Å². The van der Waals surface area contributed by atoms with E-state index in [1.165, 1.54) is 0 Å². The minimum absolute atomic E-state index is 0.0889. The molecule has 7 nitrogen and oxygen atoms in total. The second-order valence-corrected chi connectivity index (χ2v) is 4.86. The summed E-state index contributed by atoms with van der Waals surface area (Å²) in [6.07, 6.45) is 5.61. The second-order valence-electron chi connectivity index (χ2n) is 4.86. The maximum absolute atomic E-state index is 10.9. The molecule has 0 amide bonds. The van der Waals surface area contributed by atoms with Crippen LogP contribution in [0.25, 0.3) is 5.78 Å². The van der Waals surface area contributed by atoms with Crippen LogP contribution in [0.4, 0.5) is 0 Å². The summed E-state index contributed by atoms with van der Waals surface area (Å²) >= 11 is 0. The standard InChI is InChI=1S/C13H16N4O3/c18-12(19)6-11-9-20-5-4-16(11)7-10-8-17-3-1-2-14-13(17)15-10/h1-3,8,11H,4-7,9H2,(H,18,19). The average Bonchev–Trinajstić information content (AvgIpc) is 2.82. The van der Waals surface area contributed by atoms with Crippen molar-refractivity contribution in [2.24, 2.45) is 0 Å². The van der Waals surface area contributed by atoms with Crippen molar-refractivity contribution < 1.29 is 14.6 Å². The lowest BCUT2D eigenvalue weighted by Gasteiger charge is -2.34. The molecular weight excluding hydrogens is 260 g/mol. The lowest BCUT2D eigenvalue weighted by atomic mass is 10.1. The van der Waals surface area contributed by atoms with Crippen molar-refractivity contribution >= 4 is 11.7 Å². The summed E-state index contributed by atoms with van der Waals surface area (Å²) in [7, 11) is 0. The highest BCUT2D eigenvalue weighted by Crippen LogP contribution is 2.14. The molecule has 0 spiro atoms. The number of carboxylic acid groups (broad SMARTS) is 1. The molecule has 1 aliphatic rings. The van der Waals surface area contributed by atoms with E-state index in [2.05, 4.69) is 14.9 Å².